The van der Waals surface area contributed by atoms with E-state index >= 15 is 0 Å². The Labute approximate surface area is 211 Å². The van der Waals surface area contributed by atoms with Crippen molar-refractivity contribution < 1.29 is 57.3 Å². The fraction of sp³-hybridized carbons (Fsp3) is 0.167. The summed E-state index contributed by atoms with van der Waals surface area (Å²) in [6, 6.07) is 18.5. The van der Waals surface area contributed by atoms with Gasteiger partial charge in [0.1, 0.15) is 11.3 Å². The standard InChI is InChI=1S/C24H22N2O3.Mo.4H2O/c1-3-25-15-9-11-19-21(13-15)29-22-14-16(26-4-2)10-12-20(22)23(19)17-7-5-6-8-18(17)24(27)28;;;;;/h5-14,25H,3-4H2,1-2H3,(H,27,28);;4*1H2/q;+2;;;;/p-2. The maximum Gasteiger partial charge on any atom is 2.00 e. The number of rotatable bonds is 5. The van der Waals surface area contributed by atoms with Crippen LogP contribution < -0.4 is 15.8 Å². The summed E-state index contributed by atoms with van der Waals surface area (Å²) in [5, 5.41) is 16.7. The SMILES string of the molecule is CCN=c1ccc2c(-c3ccccc3C(=O)[O-])c3ccc(NCC)cc3oc-2c1.O.O.O.[Mo+2].[OH-]. The van der Waals surface area contributed by atoms with E-state index in [1.165, 1.54) is 0 Å². The number of carboxylic acids is 1. The summed E-state index contributed by atoms with van der Waals surface area (Å²) in [6.45, 7) is 5.47. The van der Waals surface area contributed by atoms with E-state index in [4.69, 9.17) is 4.42 Å². The van der Waals surface area contributed by atoms with E-state index in [0.29, 0.717) is 23.5 Å². The van der Waals surface area contributed by atoms with Gasteiger partial charge in [-0.25, -0.2) is 0 Å². The molecule has 34 heavy (non-hydrogen) atoms. The van der Waals surface area contributed by atoms with Gasteiger partial charge in [-0.2, -0.15) is 0 Å². The zero-order valence-corrected chi connectivity index (χ0v) is 20.7. The van der Waals surface area contributed by atoms with Gasteiger partial charge in [-0.15, -0.1) is 0 Å². The van der Waals surface area contributed by atoms with Crippen molar-refractivity contribution in [3.63, 3.8) is 0 Å². The molecule has 4 rings (SSSR count). The summed E-state index contributed by atoms with van der Waals surface area (Å²) in [4.78, 5) is 16.2. The van der Waals surface area contributed by atoms with Crippen LogP contribution >= 0.6 is 0 Å². The van der Waals surface area contributed by atoms with Gasteiger partial charge in [0, 0.05) is 53.0 Å². The minimum atomic E-state index is -1.20. The molecule has 1 heterocycles. The van der Waals surface area contributed by atoms with Gasteiger partial charge >= 0.3 is 21.1 Å². The third kappa shape index (κ3) is 6.28. The molecule has 1 aliphatic carbocycles. The maximum atomic E-state index is 11.8. The van der Waals surface area contributed by atoms with Crippen LogP contribution in [0, 0.1) is 0 Å². The maximum absolute atomic E-state index is 11.8. The number of benzene rings is 3. The molecule has 0 fully saturated rings. The molecule has 0 saturated heterocycles. The molecule has 9 nitrogen and oxygen atoms in total. The average Bonchev–Trinajstić information content (AvgIpc) is 2.72. The van der Waals surface area contributed by atoms with Gasteiger partial charge in [0.2, 0.25) is 0 Å². The summed E-state index contributed by atoms with van der Waals surface area (Å²) in [5.74, 6) is -0.548. The number of carboxylic acid groups (broad SMARTS) is 1. The molecule has 10 heteroatoms. The molecule has 1 aliphatic heterocycles. The summed E-state index contributed by atoms with van der Waals surface area (Å²) in [6.07, 6.45) is 0. The number of nitrogens with one attached hydrogen (secondary N) is 1. The van der Waals surface area contributed by atoms with Crippen molar-refractivity contribution in [1.82, 2.24) is 0 Å². The van der Waals surface area contributed by atoms with Crippen molar-refractivity contribution in [2.24, 2.45) is 4.99 Å². The molecule has 2 aromatic carbocycles. The fourth-order valence-corrected chi connectivity index (χ4v) is 3.64. The molecule has 8 N–H and O–H groups in total. The fourth-order valence-electron chi connectivity index (χ4n) is 3.64. The number of carbonyl (C=O) groups excluding carboxylic acids is 1. The number of aromatic carboxylic acids is 1. The number of nitrogens with zero attached hydrogens (tertiary/aromatic N) is 1. The van der Waals surface area contributed by atoms with Crippen LogP contribution in [0.1, 0.15) is 24.2 Å². The van der Waals surface area contributed by atoms with Crippen molar-refractivity contribution in [3.05, 3.63) is 71.6 Å². The molecule has 0 atom stereocenters. The second kappa shape index (κ2) is 14.2. The van der Waals surface area contributed by atoms with Crippen molar-refractivity contribution in [1.29, 1.82) is 0 Å². The molecule has 182 valence electrons. The van der Waals surface area contributed by atoms with Crippen LogP contribution in [0.3, 0.4) is 0 Å². The van der Waals surface area contributed by atoms with E-state index in [0.717, 1.165) is 34.1 Å². The molecule has 0 unspecified atom stereocenters. The third-order valence-corrected chi connectivity index (χ3v) is 4.84. The Bertz CT molecular complexity index is 1260. The van der Waals surface area contributed by atoms with Crippen LogP contribution in [-0.4, -0.2) is 41.0 Å². The summed E-state index contributed by atoms with van der Waals surface area (Å²) >= 11 is 0. The quantitative estimate of drug-likeness (QED) is 0.286. The Morgan fingerprint density at radius 1 is 0.971 bits per heavy atom. The van der Waals surface area contributed by atoms with Gasteiger partial charge in [0.15, 0.2) is 0 Å². The average molecular weight is 552 g/mol. The molecule has 0 aromatic heterocycles. The monoisotopic (exact) mass is 554 g/mol. The van der Waals surface area contributed by atoms with E-state index in [9.17, 15) is 9.90 Å². The topological polar surface area (TPSA) is 202 Å². The first-order valence-electron chi connectivity index (χ1n) is 9.68. The Balaban J connectivity index is 0. The van der Waals surface area contributed by atoms with Crippen LogP contribution in [0.4, 0.5) is 5.69 Å². The van der Waals surface area contributed by atoms with Gasteiger partial charge in [-0.1, -0.05) is 24.3 Å². The van der Waals surface area contributed by atoms with Gasteiger partial charge in [0.05, 0.1) is 11.3 Å². The number of carbonyl (C=O) groups is 1. The Hall–Kier alpha value is -3.07. The smallest absolute Gasteiger partial charge is 0.870 e. The van der Waals surface area contributed by atoms with E-state index < -0.39 is 5.97 Å². The molecule has 2 aliphatic rings. The summed E-state index contributed by atoms with van der Waals surface area (Å²) in [5.41, 5.74) is 4.02. The molecule has 2 aromatic rings. The first-order valence-corrected chi connectivity index (χ1v) is 9.68. The number of anilines is 1. The van der Waals surface area contributed by atoms with Gasteiger partial charge in [-0.05, 0) is 43.7 Å². The largest absolute Gasteiger partial charge is 2.00 e. The summed E-state index contributed by atoms with van der Waals surface area (Å²) < 4.78 is 6.22. The Kier molecular flexibility index (Phi) is 13.9. The van der Waals surface area contributed by atoms with Crippen LogP contribution in [0.2, 0.25) is 0 Å². The Morgan fingerprint density at radius 3 is 2.32 bits per heavy atom. The van der Waals surface area contributed by atoms with E-state index in [2.05, 4.69) is 10.3 Å². The first kappa shape index (κ1) is 33.1. The zero-order chi connectivity index (χ0) is 20.4. The molecule has 0 radical (unpaired) electrons. The molecule has 0 bridgehead atoms. The van der Waals surface area contributed by atoms with E-state index in [-0.39, 0.29) is 48.5 Å². The summed E-state index contributed by atoms with van der Waals surface area (Å²) in [7, 11) is 0. The van der Waals surface area contributed by atoms with E-state index in [1.54, 1.807) is 12.1 Å². The second-order valence-corrected chi connectivity index (χ2v) is 6.71. The minimum absolute atomic E-state index is 0. The van der Waals surface area contributed by atoms with Crippen molar-refractivity contribution in [2.75, 3.05) is 18.4 Å². The van der Waals surface area contributed by atoms with Crippen molar-refractivity contribution in [3.8, 4) is 22.5 Å². The number of hydrogen-bond donors (Lipinski definition) is 1. The molecular formula is C24H28MoN2O7. The van der Waals surface area contributed by atoms with Crippen LogP contribution in [-0.2, 0) is 21.1 Å². The number of fused-ring (bicyclic) bond motifs is 2. The normalized spacial score (nSPS) is 10.1. The van der Waals surface area contributed by atoms with Gasteiger partial charge in [-0.3, -0.25) is 4.99 Å². The van der Waals surface area contributed by atoms with Crippen LogP contribution in [0.15, 0.2) is 70.1 Å². The Morgan fingerprint density at radius 2 is 1.68 bits per heavy atom. The predicted molar refractivity (Wildman–Crippen MR) is 126 cm³/mol. The van der Waals surface area contributed by atoms with Gasteiger partial charge < -0.3 is 41.5 Å². The predicted octanol–water partition coefficient (Wildman–Crippen LogP) is 1.27. The van der Waals surface area contributed by atoms with Crippen LogP contribution in [0.5, 0.6) is 0 Å². The van der Waals surface area contributed by atoms with Gasteiger partial charge in [0.25, 0.3) is 0 Å². The van der Waals surface area contributed by atoms with E-state index in [1.807, 2.05) is 62.4 Å². The third-order valence-electron chi connectivity index (χ3n) is 4.84. The first-order chi connectivity index (χ1) is 14.1. The van der Waals surface area contributed by atoms with Crippen LogP contribution in [0.25, 0.3) is 33.4 Å². The molecular weight excluding hydrogens is 524 g/mol. The zero-order valence-electron chi connectivity index (χ0n) is 18.7. The second-order valence-electron chi connectivity index (χ2n) is 6.71. The van der Waals surface area contributed by atoms with Crippen molar-refractivity contribution in [2.45, 2.75) is 13.8 Å². The van der Waals surface area contributed by atoms with Crippen molar-refractivity contribution >= 4 is 22.6 Å². The molecule has 0 saturated carbocycles. The number of hydrogen-bond acceptors (Lipinski definition) is 6. The molecule has 0 spiro atoms. The minimum Gasteiger partial charge on any atom is -0.870 e. The molecule has 0 amide bonds.